The fraction of sp³-hybridized carbons (Fsp3) is 0.412. The second-order valence-electron chi connectivity index (χ2n) is 6.18. The number of hydrogen-bond donors (Lipinski definition) is 1. The average Bonchev–Trinajstić information content (AvgIpc) is 2.65. The molecule has 0 aliphatic carbocycles. The number of halogens is 1. The number of aromatic nitrogens is 3. The minimum Gasteiger partial charge on any atom is -0.489 e. The molecule has 1 aliphatic rings. The molecule has 144 valence electrons. The third-order valence-electron chi connectivity index (χ3n) is 4.10. The van der Waals surface area contributed by atoms with Crippen LogP contribution in [0.1, 0.15) is 5.56 Å². The Kier molecular flexibility index (Phi) is 5.92. The van der Waals surface area contributed by atoms with Crippen LogP contribution in [0, 0.1) is 6.92 Å². The van der Waals surface area contributed by atoms with E-state index in [1.165, 1.54) is 17.0 Å². The van der Waals surface area contributed by atoms with Crippen molar-refractivity contribution in [1.82, 2.24) is 19.4 Å². The number of amides is 1. The van der Waals surface area contributed by atoms with Gasteiger partial charge in [0.1, 0.15) is 25.0 Å². The largest absolute Gasteiger partial charge is 0.489 e. The van der Waals surface area contributed by atoms with Crippen molar-refractivity contribution in [2.45, 2.75) is 19.6 Å². The summed E-state index contributed by atoms with van der Waals surface area (Å²) in [7, 11) is 0. The normalized spacial score (nSPS) is 17.0. The van der Waals surface area contributed by atoms with Gasteiger partial charge in [0.2, 0.25) is 5.91 Å². The maximum absolute atomic E-state index is 12.5. The fourth-order valence-corrected chi connectivity index (χ4v) is 2.85. The van der Waals surface area contributed by atoms with E-state index in [1.807, 2.05) is 0 Å². The van der Waals surface area contributed by atoms with Gasteiger partial charge >= 0.3 is 5.69 Å². The van der Waals surface area contributed by atoms with Crippen LogP contribution in [0.5, 0.6) is 5.75 Å². The monoisotopic (exact) mass is 394 g/mol. The third kappa shape index (κ3) is 4.95. The zero-order valence-electron chi connectivity index (χ0n) is 14.7. The van der Waals surface area contributed by atoms with Crippen molar-refractivity contribution in [3.05, 3.63) is 56.1 Å². The molecule has 3 heterocycles. The lowest BCUT2D eigenvalue weighted by atomic mass is 10.2. The minimum absolute atomic E-state index is 0.151. The molecular weight excluding hydrogens is 376 g/mol. The molecule has 1 atom stereocenters. The highest BCUT2D eigenvalue weighted by Gasteiger charge is 2.25. The second-order valence-corrected chi connectivity index (χ2v) is 6.62. The lowest BCUT2D eigenvalue weighted by Gasteiger charge is -2.33. The van der Waals surface area contributed by atoms with Gasteiger partial charge in [0.25, 0.3) is 5.56 Å². The molecule has 1 fully saturated rings. The summed E-state index contributed by atoms with van der Waals surface area (Å²) in [6.45, 7) is 2.79. The van der Waals surface area contributed by atoms with Crippen LogP contribution in [0.4, 0.5) is 0 Å². The molecular formula is C17H19ClN4O5. The zero-order chi connectivity index (χ0) is 19.4. The Balaban J connectivity index is 1.58. The number of ether oxygens (including phenoxy) is 2. The summed E-state index contributed by atoms with van der Waals surface area (Å²) in [5.41, 5.74) is -0.700. The van der Waals surface area contributed by atoms with Gasteiger partial charge in [-0.2, -0.15) is 0 Å². The molecule has 9 nitrogen and oxygen atoms in total. The Morgan fingerprint density at radius 2 is 2.26 bits per heavy atom. The second kappa shape index (κ2) is 8.36. The first kappa shape index (κ1) is 19.1. The standard InChI is InChI=1S/C17H19ClN4O5/c1-11-7-22(17(25)20-16(11)24)9-15(23)21-2-3-26-14(8-21)10-27-13-4-12(18)5-19-6-13/h4-7,14H,2-3,8-10H2,1H3,(H,20,24,25). The van der Waals surface area contributed by atoms with E-state index >= 15 is 0 Å². The number of hydrogen-bond acceptors (Lipinski definition) is 6. The van der Waals surface area contributed by atoms with Gasteiger partial charge in [-0.1, -0.05) is 11.6 Å². The molecule has 0 spiro atoms. The smallest absolute Gasteiger partial charge is 0.328 e. The first-order valence-corrected chi connectivity index (χ1v) is 8.73. The summed E-state index contributed by atoms with van der Waals surface area (Å²) < 4.78 is 12.4. The number of nitrogens with zero attached hydrogens (tertiary/aromatic N) is 3. The molecule has 1 unspecified atom stereocenters. The maximum Gasteiger partial charge on any atom is 0.328 e. The van der Waals surface area contributed by atoms with Gasteiger partial charge in [0.05, 0.1) is 24.4 Å². The number of aromatic amines is 1. The Bertz CT molecular complexity index is 941. The van der Waals surface area contributed by atoms with Crippen molar-refractivity contribution in [2.75, 3.05) is 26.3 Å². The van der Waals surface area contributed by atoms with E-state index in [2.05, 4.69) is 9.97 Å². The predicted molar refractivity (Wildman–Crippen MR) is 97.1 cm³/mol. The predicted octanol–water partition coefficient (Wildman–Crippen LogP) is 0.200. The number of rotatable bonds is 5. The number of H-pyrrole nitrogens is 1. The molecule has 0 bridgehead atoms. The van der Waals surface area contributed by atoms with Gasteiger partial charge in [-0.25, -0.2) is 4.79 Å². The van der Waals surface area contributed by atoms with Gasteiger partial charge in [0.15, 0.2) is 0 Å². The number of carbonyl (C=O) groups is 1. The first-order chi connectivity index (χ1) is 12.9. The molecule has 0 aromatic carbocycles. The summed E-state index contributed by atoms with van der Waals surface area (Å²) >= 11 is 5.87. The molecule has 2 aromatic heterocycles. The van der Waals surface area contributed by atoms with Gasteiger partial charge in [0, 0.05) is 30.6 Å². The van der Waals surface area contributed by atoms with Crippen molar-refractivity contribution in [1.29, 1.82) is 0 Å². The fourth-order valence-electron chi connectivity index (χ4n) is 2.69. The van der Waals surface area contributed by atoms with Crippen LogP contribution < -0.4 is 16.0 Å². The number of pyridine rings is 1. The summed E-state index contributed by atoms with van der Waals surface area (Å²) in [5, 5.41) is 0.468. The highest BCUT2D eigenvalue weighted by Crippen LogP contribution is 2.16. The summed E-state index contributed by atoms with van der Waals surface area (Å²) in [6, 6.07) is 1.64. The highest BCUT2D eigenvalue weighted by molar-refractivity contribution is 6.30. The number of aryl methyl sites for hydroxylation is 1. The van der Waals surface area contributed by atoms with E-state index in [0.29, 0.717) is 36.0 Å². The lowest BCUT2D eigenvalue weighted by molar-refractivity contribution is -0.140. The number of carbonyl (C=O) groups excluding carboxylic acids is 1. The Labute approximate surface area is 159 Å². The molecule has 0 radical (unpaired) electrons. The molecule has 1 aliphatic heterocycles. The third-order valence-corrected chi connectivity index (χ3v) is 4.31. The van der Waals surface area contributed by atoms with E-state index in [1.54, 1.807) is 24.1 Å². The summed E-state index contributed by atoms with van der Waals surface area (Å²) in [6.07, 6.45) is 4.12. The highest BCUT2D eigenvalue weighted by atomic mass is 35.5. The topological polar surface area (TPSA) is 107 Å². The van der Waals surface area contributed by atoms with E-state index < -0.39 is 11.2 Å². The van der Waals surface area contributed by atoms with Crippen LogP contribution in [-0.2, 0) is 16.1 Å². The average molecular weight is 395 g/mol. The molecule has 1 amide bonds. The maximum atomic E-state index is 12.5. The lowest BCUT2D eigenvalue weighted by Crippen LogP contribution is -2.49. The van der Waals surface area contributed by atoms with Crippen molar-refractivity contribution < 1.29 is 14.3 Å². The van der Waals surface area contributed by atoms with E-state index in [4.69, 9.17) is 21.1 Å². The molecule has 1 saturated heterocycles. The van der Waals surface area contributed by atoms with Gasteiger partial charge in [-0.05, 0) is 6.92 Å². The van der Waals surface area contributed by atoms with Gasteiger partial charge in [-0.15, -0.1) is 0 Å². The molecule has 0 saturated carbocycles. The van der Waals surface area contributed by atoms with Gasteiger partial charge < -0.3 is 14.4 Å². The summed E-state index contributed by atoms with van der Waals surface area (Å²) in [4.78, 5) is 43.5. The van der Waals surface area contributed by atoms with E-state index in [9.17, 15) is 14.4 Å². The zero-order valence-corrected chi connectivity index (χ0v) is 15.4. The van der Waals surface area contributed by atoms with Crippen LogP contribution in [-0.4, -0.2) is 57.7 Å². The van der Waals surface area contributed by atoms with Crippen molar-refractivity contribution in [3.8, 4) is 5.75 Å². The van der Waals surface area contributed by atoms with Crippen LogP contribution in [0.15, 0.2) is 34.2 Å². The number of nitrogens with one attached hydrogen (secondary N) is 1. The van der Waals surface area contributed by atoms with Gasteiger partial charge in [-0.3, -0.25) is 24.1 Å². The van der Waals surface area contributed by atoms with Crippen molar-refractivity contribution in [3.63, 3.8) is 0 Å². The SMILES string of the molecule is Cc1cn(CC(=O)N2CCOC(COc3cncc(Cl)c3)C2)c(=O)[nH]c1=O. The first-order valence-electron chi connectivity index (χ1n) is 8.35. The van der Waals surface area contributed by atoms with Crippen LogP contribution in [0.3, 0.4) is 0 Å². The van der Waals surface area contributed by atoms with Crippen LogP contribution in [0.25, 0.3) is 0 Å². The van der Waals surface area contributed by atoms with E-state index in [-0.39, 0.29) is 25.2 Å². The minimum atomic E-state index is -0.611. The van der Waals surface area contributed by atoms with E-state index in [0.717, 1.165) is 0 Å². The van der Waals surface area contributed by atoms with Crippen molar-refractivity contribution >= 4 is 17.5 Å². The molecule has 27 heavy (non-hydrogen) atoms. The molecule has 10 heteroatoms. The Morgan fingerprint density at radius 1 is 1.44 bits per heavy atom. The molecule has 1 N–H and O–H groups in total. The van der Waals surface area contributed by atoms with Crippen molar-refractivity contribution in [2.24, 2.45) is 0 Å². The van der Waals surface area contributed by atoms with Crippen LogP contribution in [0.2, 0.25) is 5.02 Å². The molecule has 2 aromatic rings. The Morgan fingerprint density at radius 3 is 3.04 bits per heavy atom. The number of morpholine rings is 1. The Hall–Kier alpha value is -2.65. The quantitative estimate of drug-likeness (QED) is 0.776. The molecule has 3 rings (SSSR count). The summed E-state index contributed by atoms with van der Waals surface area (Å²) in [5.74, 6) is 0.283. The van der Waals surface area contributed by atoms with Crippen LogP contribution >= 0.6 is 11.6 Å².